The Labute approximate surface area is 221 Å². The Balaban J connectivity index is 1.40. The third-order valence-electron chi connectivity index (χ3n) is 6.02. The molecule has 4 aromatic carbocycles. The predicted octanol–water partition coefficient (Wildman–Crippen LogP) is 6.97. The van der Waals surface area contributed by atoms with Crippen LogP contribution in [0.25, 0.3) is 16.5 Å². The summed E-state index contributed by atoms with van der Waals surface area (Å²) < 4.78 is 41.3. The van der Waals surface area contributed by atoms with Crippen molar-refractivity contribution in [3.05, 3.63) is 119 Å². The molecular formula is C29H23F3N4OS. The number of nitrogens with one attached hydrogen (secondary N) is 1. The molecule has 0 unspecified atom stereocenters. The van der Waals surface area contributed by atoms with Crippen molar-refractivity contribution in [1.29, 1.82) is 0 Å². The van der Waals surface area contributed by atoms with Crippen molar-refractivity contribution in [1.82, 2.24) is 20.1 Å². The van der Waals surface area contributed by atoms with Crippen LogP contribution in [-0.4, -0.2) is 20.7 Å². The van der Waals surface area contributed by atoms with Crippen LogP contribution in [0, 0.1) is 6.92 Å². The number of aromatic nitrogens is 3. The molecule has 5 aromatic rings. The first-order valence-electron chi connectivity index (χ1n) is 11.9. The highest BCUT2D eigenvalue weighted by Crippen LogP contribution is 2.32. The smallest absolute Gasteiger partial charge is 0.345 e. The van der Waals surface area contributed by atoms with E-state index >= 15 is 0 Å². The molecule has 5 rings (SSSR count). The maximum atomic E-state index is 13.1. The van der Waals surface area contributed by atoms with Crippen LogP contribution in [0.1, 0.15) is 32.9 Å². The second-order valence-corrected chi connectivity index (χ2v) is 9.71. The summed E-state index contributed by atoms with van der Waals surface area (Å²) in [6, 6.07) is 26.2. The molecule has 0 fully saturated rings. The number of amides is 1. The number of rotatable bonds is 7. The summed E-state index contributed by atoms with van der Waals surface area (Å²) in [5.41, 5.74) is 2.22. The van der Waals surface area contributed by atoms with E-state index in [1.165, 1.54) is 17.8 Å². The Hall–Kier alpha value is -4.11. The van der Waals surface area contributed by atoms with Gasteiger partial charge in [0.1, 0.15) is 0 Å². The summed E-state index contributed by atoms with van der Waals surface area (Å²) in [7, 11) is 0. The standard InChI is InChI=1S/C29H23F3N4OS/c1-19-7-4-12-23(15-19)36-26(17-33-27(37)25-14-6-10-21-9-2-3-13-24(21)25)34-35-28(36)38-18-20-8-5-11-22(16-20)29(30,31)32/h2-16H,17-18H2,1H3,(H,33,37). The molecule has 1 amide bonds. The number of aryl methyl sites for hydroxylation is 1. The Morgan fingerprint density at radius 2 is 1.68 bits per heavy atom. The molecule has 0 radical (unpaired) electrons. The fraction of sp³-hybridized carbons (Fsp3) is 0.138. The summed E-state index contributed by atoms with van der Waals surface area (Å²) in [5, 5.41) is 13.9. The van der Waals surface area contributed by atoms with Crippen molar-refractivity contribution in [2.75, 3.05) is 0 Å². The molecule has 0 atom stereocenters. The van der Waals surface area contributed by atoms with Crippen LogP contribution < -0.4 is 5.32 Å². The van der Waals surface area contributed by atoms with E-state index in [9.17, 15) is 18.0 Å². The topological polar surface area (TPSA) is 59.8 Å². The second kappa shape index (κ2) is 10.7. The maximum Gasteiger partial charge on any atom is 0.416 e. The van der Waals surface area contributed by atoms with E-state index < -0.39 is 11.7 Å². The normalized spacial score (nSPS) is 11.6. The lowest BCUT2D eigenvalue weighted by atomic mass is 10.0. The van der Waals surface area contributed by atoms with Gasteiger partial charge in [-0.15, -0.1) is 10.2 Å². The lowest BCUT2D eigenvalue weighted by molar-refractivity contribution is -0.137. The molecule has 192 valence electrons. The summed E-state index contributed by atoms with van der Waals surface area (Å²) in [6.07, 6.45) is -4.41. The van der Waals surface area contributed by atoms with Crippen molar-refractivity contribution in [2.45, 2.75) is 30.6 Å². The fourth-order valence-electron chi connectivity index (χ4n) is 4.20. The molecule has 0 bridgehead atoms. The van der Waals surface area contributed by atoms with Gasteiger partial charge in [0.2, 0.25) is 0 Å². The minimum Gasteiger partial charge on any atom is -0.345 e. The Morgan fingerprint density at radius 1 is 0.921 bits per heavy atom. The summed E-state index contributed by atoms with van der Waals surface area (Å²) in [4.78, 5) is 13.1. The number of nitrogens with zero attached hydrogens (tertiary/aromatic N) is 3. The van der Waals surface area contributed by atoms with Crippen LogP contribution in [0.4, 0.5) is 13.2 Å². The third kappa shape index (κ3) is 5.57. The molecule has 5 nitrogen and oxygen atoms in total. The van der Waals surface area contributed by atoms with Gasteiger partial charge in [0.25, 0.3) is 5.91 Å². The average molecular weight is 533 g/mol. The Bertz CT molecular complexity index is 1610. The van der Waals surface area contributed by atoms with Crippen LogP contribution in [0.2, 0.25) is 0 Å². The van der Waals surface area contributed by atoms with Crippen molar-refractivity contribution >= 4 is 28.4 Å². The number of halogens is 3. The van der Waals surface area contributed by atoms with Gasteiger partial charge in [-0.25, -0.2) is 0 Å². The minimum atomic E-state index is -4.41. The van der Waals surface area contributed by atoms with Gasteiger partial charge in [-0.1, -0.05) is 78.5 Å². The van der Waals surface area contributed by atoms with Crippen LogP contribution >= 0.6 is 11.8 Å². The van der Waals surface area contributed by atoms with E-state index in [-0.39, 0.29) is 18.2 Å². The lowest BCUT2D eigenvalue weighted by Crippen LogP contribution is -2.25. The number of hydrogen-bond acceptors (Lipinski definition) is 4. The van der Waals surface area contributed by atoms with E-state index in [0.29, 0.717) is 22.1 Å². The van der Waals surface area contributed by atoms with Gasteiger partial charge < -0.3 is 5.32 Å². The monoisotopic (exact) mass is 532 g/mol. The SMILES string of the molecule is Cc1cccc(-n2c(CNC(=O)c3cccc4ccccc34)nnc2SCc2cccc(C(F)(F)F)c2)c1. The minimum absolute atomic E-state index is 0.118. The van der Waals surface area contributed by atoms with Crippen LogP contribution in [0.15, 0.2) is 96.2 Å². The van der Waals surface area contributed by atoms with Gasteiger partial charge in [0, 0.05) is 17.0 Å². The van der Waals surface area contributed by atoms with Crippen LogP contribution in [0.3, 0.4) is 0 Å². The molecule has 1 aromatic heterocycles. The molecule has 1 heterocycles. The van der Waals surface area contributed by atoms with Crippen LogP contribution in [-0.2, 0) is 18.5 Å². The molecule has 0 aliphatic carbocycles. The molecule has 0 saturated carbocycles. The van der Waals surface area contributed by atoms with Gasteiger partial charge in [-0.2, -0.15) is 13.2 Å². The van der Waals surface area contributed by atoms with Gasteiger partial charge in [-0.05, 0) is 53.1 Å². The summed E-state index contributed by atoms with van der Waals surface area (Å²) in [6.45, 7) is 2.08. The lowest BCUT2D eigenvalue weighted by Gasteiger charge is -2.13. The molecule has 9 heteroatoms. The number of carbonyl (C=O) groups excluding carboxylic acids is 1. The van der Waals surface area contributed by atoms with E-state index in [1.54, 1.807) is 12.1 Å². The first-order chi connectivity index (χ1) is 18.3. The molecule has 0 saturated heterocycles. The quantitative estimate of drug-likeness (QED) is 0.230. The third-order valence-corrected chi connectivity index (χ3v) is 7.02. The summed E-state index contributed by atoms with van der Waals surface area (Å²) in [5.74, 6) is 0.547. The van der Waals surface area contributed by atoms with Crippen molar-refractivity contribution < 1.29 is 18.0 Å². The highest BCUT2D eigenvalue weighted by Gasteiger charge is 2.30. The number of hydrogen-bond donors (Lipinski definition) is 1. The molecule has 0 spiro atoms. The van der Waals surface area contributed by atoms with E-state index in [1.807, 2.05) is 72.2 Å². The first kappa shape index (κ1) is 25.5. The first-order valence-corrected chi connectivity index (χ1v) is 12.8. The molecular weight excluding hydrogens is 509 g/mol. The molecule has 1 N–H and O–H groups in total. The Morgan fingerprint density at radius 3 is 2.50 bits per heavy atom. The van der Waals surface area contributed by atoms with Gasteiger partial charge in [0.15, 0.2) is 11.0 Å². The zero-order valence-corrected chi connectivity index (χ0v) is 21.2. The van der Waals surface area contributed by atoms with Gasteiger partial charge in [-0.3, -0.25) is 9.36 Å². The number of fused-ring (bicyclic) bond motifs is 1. The van der Waals surface area contributed by atoms with Gasteiger partial charge in [0.05, 0.1) is 12.1 Å². The highest BCUT2D eigenvalue weighted by atomic mass is 32.2. The number of carbonyl (C=O) groups is 1. The predicted molar refractivity (Wildman–Crippen MR) is 142 cm³/mol. The largest absolute Gasteiger partial charge is 0.416 e. The molecule has 0 aliphatic heterocycles. The molecule has 38 heavy (non-hydrogen) atoms. The van der Waals surface area contributed by atoms with Crippen molar-refractivity contribution in [3.8, 4) is 5.69 Å². The number of alkyl halides is 3. The van der Waals surface area contributed by atoms with Crippen molar-refractivity contribution in [3.63, 3.8) is 0 Å². The van der Waals surface area contributed by atoms with E-state index in [0.717, 1.165) is 34.2 Å². The zero-order valence-electron chi connectivity index (χ0n) is 20.4. The summed E-state index contributed by atoms with van der Waals surface area (Å²) >= 11 is 1.28. The fourth-order valence-corrected chi connectivity index (χ4v) is 5.11. The van der Waals surface area contributed by atoms with E-state index in [2.05, 4.69) is 15.5 Å². The molecule has 0 aliphatic rings. The number of benzene rings is 4. The van der Waals surface area contributed by atoms with Crippen molar-refractivity contribution in [2.24, 2.45) is 0 Å². The highest BCUT2D eigenvalue weighted by molar-refractivity contribution is 7.98. The van der Waals surface area contributed by atoms with Crippen LogP contribution in [0.5, 0.6) is 0 Å². The van der Waals surface area contributed by atoms with E-state index in [4.69, 9.17) is 0 Å². The van der Waals surface area contributed by atoms with Gasteiger partial charge >= 0.3 is 6.18 Å². The zero-order chi connectivity index (χ0) is 26.7. The number of thioether (sulfide) groups is 1. The maximum absolute atomic E-state index is 13.1. The average Bonchev–Trinajstić information content (AvgIpc) is 3.32. The second-order valence-electron chi connectivity index (χ2n) is 8.77. The Kier molecular flexibility index (Phi) is 7.20.